The van der Waals surface area contributed by atoms with E-state index in [1.54, 1.807) is 12.1 Å². The number of carbonyl (C=O) groups excluding carboxylic acids is 1. The molecule has 1 nitrogen and oxygen atoms in total. The van der Waals surface area contributed by atoms with Crippen molar-refractivity contribution in [1.29, 1.82) is 0 Å². The van der Waals surface area contributed by atoms with Gasteiger partial charge in [0.2, 0.25) is 0 Å². The van der Waals surface area contributed by atoms with Gasteiger partial charge in [-0.05, 0) is 25.0 Å². The maximum Gasteiger partial charge on any atom is 0.126 e. The van der Waals surface area contributed by atoms with Crippen molar-refractivity contribution in [2.45, 2.75) is 81.1 Å². The fourth-order valence-corrected chi connectivity index (χ4v) is 1.14. The summed E-state index contributed by atoms with van der Waals surface area (Å²) in [5.74, 6) is -0.0972. The lowest BCUT2D eigenvalue weighted by Crippen LogP contribution is -1.83. The quantitative estimate of drug-likeness (QED) is 0.558. The molecule has 0 aliphatic rings. The highest BCUT2D eigenvalue weighted by Gasteiger charge is 1.93. The Balaban J connectivity index is -0.000000103. The normalized spacial score (nSPS) is 7.29. The van der Waals surface area contributed by atoms with Crippen LogP contribution in [0.4, 0.5) is 4.39 Å². The first-order valence-corrected chi connectivity index (χ1v) is 8.30. The topological polar surface area (TPSA) is 17.1 Å². The van der Waals surface area contributed by atoms with E-state index in [0.717, 1.165) is 18.3 Å². The average Bonchev–Trinajstić information content (AvgIpc) is 2.54. The van der Waals surface area contributed by atoms with Crippen molar-refractivity contribution in [3.8, 4) is 0 Å². The van der Waals surface area contributed by atoms with Gasteiger partial charge in [0.05, 0.1) is 0 Å². The Labute approximate surface area is 133 Å². The van der Waals surface area contributed by atoms with E-state index in [1.807, 2.05) is 40.7 Å². The van der Waals surface area contributed by atoms with Gasteiger partial charge < -0.3 is 4.79 Å². The lowest BCUT2D eigenvalue weighted by atomic mass is 10.2. The summed E-state index contributed by atoms with van der Waals surface area (Å²) in [6.45, 7) is 15.8. The van der Waals surface area contributed by atoms with Gasteiger partial charge in [-0.15, -0.1) is 0 Å². The summed E-state index contributed by atoms with van der Waals surface area (Å²) in [4.78, 5) is 8.81. The summed E-state index contributed by atoms with van der Waals surface area (Å²) in [6, 6.07) is 6.84. The number of halogens is 1. The van der Waals surface area contributed by atoms with E-state index in [1.165, 1.54) is 32.3 Å². The van der Waals surface area contributed by atoms with Crippen LogP contribution in [0.2, 0.25) is 0 Å². The molecular weight excluding hydrogens is 263 g/mol. The average molecular weight is 301 g/mol. The van der Waals surface area contributed by atoms with Crippen LogP contribution < -0.4 is 0 Å². The van der Waals surface area contributed by atoms with Crippen molar-refractivity contribution in [3.63, 3.8) is 0 Å². The van der Waals surface area contributed by atoms with Gasteiger partial charge in [0.15, 0.2) is 0 Å². The molecule has 1 aromatic carbocycles. The highest BCUT2D eigenvalue weighted by Crippen LogP contribution is 2.05. The molecule has 0 saturated heterocycles. The van der Waals surface area contributed by atoms with Crippen LogP contribution in [0.15, 0.2) is 24.3 Å². The summed E-state index contributed by atoms with van der Waals surface area (Å²) in [5.41, 5.74) is 0.789. The van der Waals surface area contributed by atoms with E-state index in [0.29, 0.717) is 0 Å². The summed E-state index contributed by atoms with van der Waals surface area (Å²) in [5, 5.41) is 0. The Hall–Kier alpha value is -1.18. The molecule has 0 bridgehead atoms. The minimum absolute atomic E-state index is 0.0972. The lowest BCUT2D eigenvalue weighted by molar-refractivity contribution is -0.106. The number of aryl methyl sites for hydroxylation is 1. The summed E-state index contributed by atoms with van der Waals surface area (Å²) in [7, 11) is 0. The van der Waals surface area contributed by atoms with Crippen molar-refractivity contribution < 1.29 is 9.18 Å². The third kappa shape index (κ3) is 27.9. The zero-order chi connectivity index (χ0) is 17.5. The van der Waals surface area contributed by atoms with E-state index in [-0.39, 0.29) is 5.82 Å². The molecule has 0 unspecified atom stereocenters. The Kier molecular flexibility index (Phi) is 41.8. The van der Waals surface area contributed by atoms with E-state index in [4.69, 9.17) is 4.79 Å². The fraction of sp³-hybridized carbons (Fsp3) is 0.632. The summed E-state index contributed by atoms with van der Waals surface area (Å²) < 4.78 is 12.6. The molecule has 0 heterocycles. The lowest BCUT2D eigenvalue weighted by Gasteiger charge is -1.94. The first-order chi connectivity index (χ1) is 10.2. The fourth-order valence-electron chi connectivity index (χ4n) is 1.14. The number of benzene rings is 1. The molecule has 1 aromatic rings. The molecule has 0 aliphatic carbocycles. The first kappa shape index (κ1) is 28.0. The van der Waals surface area contributed by atoms with Gasteiger partial charge in [-0.3, -0.25) is 0 Å². The SMILES string of the molecule is CC.CC.CC=O.CCCCC.CCc1ccccc1F. The van der Waals surface area contributed by atoms with Gasteiger partial charge in [0, 0.05) is 0 Å². The first-order valence-electron chi connectivity index (χ1n) is 8.30. The van der Waals surface area contributed by atoms with E-state index in [2.05, 4.69) is 13.8 Å². The molecule has 0 radical (unpaired) electrons. The minimum Gasteiger partial charge on any atom is -0.304 e. The zero-order valence-electron chi connectivity index (χ0n) is 15.5. The molecule has 0 spiro atoms. The van der Waals surface area contributed by atoms with Crippen LogP contribution >= 0.6 is 0 Å². The predicted molar refractivity (Wildman–Crippen MR) is 95.4 cm³/mol. The second-order valence-corrected chi connectivity index (χ2v) is 3.53. The number of hydrogen-bond acceptors (Lipinski definition) is 1. The zero-order valence-corrected chi connectivity index (χ0v) is 15.5. The molecule has 1 rings (SSSR count). The molecule has 0 amide bonds. The molecule has 0 fully saturated rings. The number of unbranched alkanes of at least 4 members (excludes halogenated alkanes) is 2. The maximum absolute atomic E-state index is 12.6. The van der Waals surface area contributed by atoms with E-state index in [9.17, 15) is 4.39 Å². The molecule has 0 N–H and O–H groups in total. The smallest absolute Gasteiger partial charge is 0.126 e. The Morgan fingerprint density at radius 2 is 1.33 bits per heavy atom. The van der Waals surface area contributed by atoms with Gasteiger partial charge in [-0.1, -0.05) is 85.9 Å². The molecule has 2 heteroatoms. The van der Waals surface area contributed by atoms with Crippen LogP contribution in [0.1, 0.15) is 80.2 Å². The highest BCUT2D eigenvalue weighted by atomic mass is 19.1. The van der Waals surface area contributed by atoms with Crippen molar-refractivity contribution in [2.24, 2.45) is 0 Å². The molecule has 126 valence electrons. The number of hydrogen-bond donors (Lipinski definition) is 0. The van der Waals surface area contributed by atoms with E-state index < -0.39 is 0 Å². The highest BCUT2D eigenvalue weighted by molar-refractivity contribution is 5.44. The Morgan fingerprint density at radius 1 is 0.952 bits per heavy atom. The second kappa shape index (κ2) is 31.3. The van der Waals surface area contributed by atoms with Gasteiger partial charge in [-0.25, -0.2) is 4.39 Å². The summed E-state index contributed by atoms with van der Waals surface area (Å²) in [6.07, 6.45) is 5.60. The van der Waals surface area contributed by atoms with Crippen LogP contribution in [-0.2, 0) is 11.2 Å². The van der Waals surface area contributed by atoms with Crippen LogP contribution in [-0.4, -0.2) is 6.29 Å². The molecule has 0 saturated carbocycles. The molecule has 21 heavy (non-hydrogen) atoms. The molecule has 0 aromatic heterocycles. The molecular formula is C19H37FO. The third-order valence-electron chi connectivity index (χ3n) is 2.05. The van der Waals surface area contributed by atoms with Crippen molar-refractivity contribution in [3.05, 3.63) is 35.6 Å². The number of rotatable bonds is 3. The van der Waals surface area contributed by atoms with Crippen molar-refractivity contribution >= 4 is 6.29 Å². The van der Waals surface area contributed by atoms with Crippen molar-refractivity contribution in [1.82, 2.24) is 0 Å². The van der Waals surface area contributed by atoms with Crippen LogP contribution in [0.25, 0.3) is 0 Å². The largest absolute Gasteiger partial charge is 0.304 e. The Morgan fingerprint density at radius 3 is 1.52 bits per heavy atom. The minimum atomic E-state index is -0.0972. The van der Waals surface area contributed by atoms with Gasteiger partial charge >= 0.3 is 0 Å². The number of aldehydes is 1. The summed E-state index contributed by atoms with van der Waals surface area (Å²) >= 11 is 0. The van der Waals surface area contributed by atoms with Crippen LogP contribution in [0.3, 0.4) is 0 Å². The standard InChI is InChI=1S/C8H9F.C5H12.C2H4O.2C2H6/c1-2-7-5-3-4-6-8(7)9;1-3-5-4-2;1-2-3;2*1-2/h3-6H,2H2,1H3;3-5H2,1-2H3;2H,1H3;2*1-2H3. The maximum atomic E-state index is 12.6. The van der Waals surface area contributed by atoms with Gasteiger partial charge in [0.1, 0.15) is 12.1 Å². The molecule has 0 aliphatic heterocycles. The van der Waals surface area contributed by atoms with Gasteiger partial charge in [-0.2, -0.15) is 0 Å². The van der Waals surface area contributed by atoms with Gasteiger partial charge in [0.25, 0.3) is 0 Å². The second-order valence-electron chi connectivity index (χ2n) is 3.53. The monoisotopic (exact) mass is 300 g/mol. The predicted octanol–water partition coefficient (Wildman–Crippen LogP) is 6.84. The van der Waals surface area contributed by atoms with Crippen LogP contribution in [0, 0.1) is 5.82 Å². The Bertz CT molecular complexity index is 270. The van der Waals surface area contributed by atoms with Crippen molar-refractivity contribution in [2.75, 3.05) is 0 Å². The van der Waals surface area contributed by atoms with Crippen LogP contribution in [0.5, 0.6) is 0 Å². The molecule has 0 atom stereocenters. The third-order valence-corrected chi connectivity index (χ3v) is 2.05. The number of carbonyl (C=O) groups is 1. The van der Waals surface area contributed by atoms with E-state index >= 15 is 0 Å².